The molecule has 0 radical (unpaired) electrons. The van der Waals surface area contributed by atoms with Gasteiger partial charge in [0, 0.05) is 17.5 Å². The number of nitrogens with one attached hydrogen (secondary N) is 1. The summed E-state index contributed by atoms with van der Waals surface area (Å²) in [7, 11) is 0. The molecule has 0 atom stereocenters. The van der Waals surface area contributed by atoms with Crippen molar-refractivity contribution in [3.8, 4) is 6.07 Å². The molecule has 1 aromatic heterocycles. The number of aryl methyl sites for hydroxylation is 1. The van der Waals surface area contributed by atoms with Gasteiger partial charge in [-0.1, -0.05) is 0 Å². The van der Waals surface area contributed by atoms with E-state index in [0.29, 0.717) is 0 Å². The van der Waals surface area contributed by atoms with Gasteiger partial charge < -0.3 is 4.98 Å². The second kappa shape index (κ2) is 2.28. The smallest absolute Gasteiger partial charge is 0.0947 e. The van der Waals surface area contributed by atoms with Crippen LogP contribution in [0.15, 0.2) is 17.8 Å². The van der Waals surface area contributed by atoms with Crippen LogP contribution in [0.2, 0.25) is 0 Å². The molecule has 0 saturated heterocycles. The van der Waals surface area contributed by atoms with Crippen molar-refractivity contribution in [1.82, 2.24) is 4.98 Å². The van der Waals surface area contributed by atoms with Gasteiger partial charge >= 0.3 is 0 Å². The van der Waals surface area contributed by atoms with E-state index < -0.39 is 0 Å². The van der Waals surface area contributed by atoms with Crippen molar-refractivity contribution in [1.29, 1.82) is 5.26 Å². The molecule has 11 heavy (non-hydrogen) atoms. The predicted octanol–water partition coefficient (Wildman–Crippen LogP) is 1.87. The molecule has 0 saturated carbocycles. The molecule has 0 unspecified atom stereocenters. The van der Waals surface area contributed by atoms with E-state index in [2.05, 4.69) is 11.1 Å². The van der Waals surface area contributed by atoms with Crippen molar-refractivity contribution >= 4 is 6.08 Å². The van der Waals surface area contributed by atoms with Crippen LogP contribution in [0.3, 0.4) is 0 Å². The minimum absolute atomic E-state index is 0.879. The Labute approximate surface area is 65.2 Å². The minimum atomic E-state index is 0.879. The van der Waals surface area contributed by atoms with Gasteiger partial charge in [0.15, 0.2) is 0 Å². The van der Waals surface area contributed by atoms with Gasteiger partial charge in [-0.2, -0.15) is 5.26 Å². The number of fused-ring (bicyclic) bond motifs is 1. The molecule has 1 aliphatic carbocycles. The topological polar surface area (TPSA) is 39.6 Å². The number of allylic oxidation sites excluding steroid dienone is 1. The van der Waals surface area contributed by atoms with Gasteiger partial charge in [0.1, 0.15) is 0 Å². The number of nitriles is 1. The maximum absolute atomic E-state index is 8.63. The first-order valence-electron chi connectivity index (χ1n) is 3.67. The first kappa shape index (κ1) is 6.23. The van der Waals surface area contributed by atoms with Crippen molar-refractivity contribution in [3.63, 3.8) is 0 Å². The van der Waals surface area contributed by atoms with Crippen LogP contribution in [0.25, 0.3) is 6.08 Å². The van der Waals surface area contributed by atoms with Crippen molar-refractivity contribution in [2.75, 3.05) is 0 Å². The average molecular weight is 144 g/mol. The Kier molecular flexibility index (Phi) is 1.29. The van der Waals surface area contributed by atoms with Crippen LogP contribution >= 0.6 is 0 Å². The third-order valence-corrected chi connectivity index (χ3v) is 1.99. The molecular weight excluding hydrogens is 136 g/mol. The normalized spacial score (nSPS) is 15.0. The van der Waals surface area contributed by atoms with E-state index >= 15 is 0 Å². The Bertz CT molecular complexity index is 339. The van der Waals surface area contributed by atoms with Crippen LogP contribution in [0.1, 0.15) is 17.7 Å². The standard InChI is InChI=1S/C9H8N2/c10-6-7-1-2-9-8(5-7)3-4-11-9/h3-5,11H,1-2H2. The Hall–Kier alpha value is -1.49. The zero-order valence-electron chi connectivity index (χ0n) is 6.09. The van der Waals surface area contributed by atoms with E-state index in [9.17, 15) is 0 Å². The summed E-state index contributed by atoms with van der Waals surface area (Å²) >= 11 is 0. The lowest BCUT2D eigenvalue weighted by Crippen LogP contribution is -1.95. The Morgan fingerprint density at radius 3 is 3.18 bits per heavy atom. The number of nitrogens with zero attached hydrogens (tertiary/aromatic N) is 1. The molecule has 0 aliphatic heterocycles. The summed E-state index contributed by atoms with van der Waals surface area (Å²) in [6.45, 7) is 0. The Morgan fingerprint density at radius 2 is 2.36 bits per heavy atom. The van der Waals surface area contributed by atoms with Crippen molar-refractivity contribution in [2.45, 2.75) is 12.8 Å². The highest BCUT2D eigenvalue weighted by atomic mass is 14.7. The van der Waals surface area contributed by atoms with Gasteiger partial charge in [-0.3, -0.25) is 0 Å². The van der Waals surface area contributed by atoms with E-state index in [1.807, 2.05) is 18.3 Å². The van der Waals surface area contributed by atoms with Crippen molar-refractivity contribution in [3.05, 3.63) is 29.1 Å². The average Bonchev–Trinajstić information content (AvgIpc) is 2.50. The molecule has 0 fully saturated rings. The number of aromatic nitrogens is 1. The zero-order chi connectivity index (χ0) is 7.68. The molecule has 2 rings (SSSR count). The second-order valence-corrected chi connectivity index (χ2v) is 2.69. The number of hydrogen-bond donors (Lipinski definition) is 1. The summed E-state index contributed by atoms with van der Waals surface area (Å²) in [6, 6.07) is 4.19. The summed E-state index contributed by atoms with van der Waals surface area (Å²) in [5.74, 6) is 0. The molecule has 0 spiro atoms. The quantitative estimate of drug-likeness (QED) is 0.593. The molecule has 1 heterocycles. The van der Waals surface area contributed by atoms with Crippen LogP contribution in [-0.4, -0.2) is 4.98 Å². The van der Waals surface area contributed by atoms with Crippen LogP contribution in [0, 0.1) is 11.3 Å². The third-order valence-electron chi connectivity index (χ3n) is 1.99. The maximum Gasteiger partial charge on any atom is 0.0947 e. The fraction of sp³-hybridized carbons (Fsp3) is 0.222. The molecule has 2 heteroatoms. The molecule has 0 bridgehead atoms. The first-order valence-corrected chi connectivity index (χ1v) is 3.67. The number of hydrogen-bond acceptors (Lipinski definition) is 1. The summed E-state index contributed by atoms with van der Waals surface area (Å²) in [6.07, 6.45) is 5.72. The largest absolute Gasteiger partial charge is 0.364 e. The molecule has 1 N–H and O–H groups in total. The van der Waals surface area contributed by atoms with Gasteiger partial charge in [-0.05, 0) is 30.5 Å². The highest BCUT2D eigenvalue weighted by molar-refractivity contribution is 5.61. The monoisotopic (exact) mass is 144 g/mol. The summed E-state index contributed by atoms with van der Waals surface area (Å²) in [4.78, 5) is 3.15. The predicted molar refractivity (Wildman–Crippen MR) is 42.7 cm³/mol. The fourth-order valence-corrected chi connectivity index (χ4v) is 1.38. The number of H-pyrrole nitrogens is 1. The van der Waals surface area contributed by atoms with Crippen LogP contribution in [-0.2, 0) is 6.42 Å². The lowest BCUT2D eigenvalue weighted by molar-refractivity contribution is 0.919. The summed E-state index contributed by atoms with van der Waals surface area (Å²) < 4.78 is 0. The second-order valence-electron chi connectivity index (χ2n) is 2.69. The molecule has 0 aromatic carbocycles. The molecule has 1 aliphatic rings. The number of rotatable bonds is 0. The zero-order valence-corrected chi connectivity index (χ0v) is 6.09. The maximum atomic E-state index is 8.63. The number of aromatic amines is 1. The van der Waals surface area contributed by atoms with Crippen LogP contribution in [0.5, 0.6) is 0 Å². The van der Waals surface area contributed by atoms with Gasteiger partial charge in [0.25, 0.3) is 0 Å². The summed E-state index contributed by atoms with van der Waals surface area (Å²) in [5, 5.41) is 8.63. The van der Waals surface area contributed by atoms with E-state index in [1.165, 1.54) is 11.3 Å². The first-order chi connectivity index (χ1) is 5.40. The minimum Gasteiger partial charge on any atom is -0.364 e. The molecule has 0 amide bonds. The Balaban J connectivity index is 2.47. The van der Waals surface area contributed by atoms with Crippen LogP contribution in [0.4, 0.5) is 0 Å². The van der Waals surface area contributed by atoms with E-state index in [4.69, 9.17) is 5.26 Å². The third kappa shape index (κ3) is 0.947. The summed E-state index contributed by atoms with van der Waals surface area (Å²) in [5.41, 5.74) is 3.31. The molecule has 2 nitrogen and oxygen atoms in total. The fourth-order valence-electron chi connectivity index (χ4n) is 1.38. The Morgan fingerprint density at radius 1 is 1.45 bits per heavy atom. The highest BCUT2D eigenvalue weighted by Crippen LogP contribution is 2.21. The van der Waals surface area contributed by atoms with Crippen molar-refractivity contribution in [2.24, 2.45) is 0 Å². The van der Waals surface area contributed by atoms with E-state index in [1.54, 1.807) is 0 Å². The van der Waals surface area contributed by atoms with Gasteiger partial charge in [-0.15, -0.1) is 0 Å². The van der Waals surface area contributed by atoms with E-state index in [0.717, 1.165) is 18.4 Å². The van der Waals surface area contributed by atoms with Gasteiger partial charge in [-0.25, -0.2) is 0 Å². The SMILES string of the molecule is N#CC1=Cc2cc[nH]c2CC1. The molecule has 54 valence electrons. The lowest BCUT2D eigenvalue weighted by atomic mass is 9.99. The lowest BCUT2D eigenvalue weighted by Gasteiger charge is -2.06. The van der Waals surface area contributed by atoms with Gasteiger partial charge in [0.2, 0.25) is 0 Å². The van der Waals surface area contributed by atoms with E-state index in [-0.39, 0.29) is 0 Å². The molecular formula is C9H8N2. The van der Waals surface area contributed by atoms with Gasteiger partial charge in [0.05, 0.1) is 6.07 Å². The molecule has 1 aromatic rings. The van der Waals surface area contributed by atoms with Crippen LogP contribution < -0.4 is 0 Å². The highest BCUT2D eigenvalue weighted by Gasteiger charge is 2.09. The van der Waals surface area contributed by atoms with Crippen molar-refractivity contribution < 1.29 is 0 Å².